The molecule has 109 valence electrons. The Morgan fingerprint density at radius 1 is 0.889 bits per heavy atom. The molecule has 0 aliphatic heterocycles. The third-order valence-electron chi connectivity index (χ3n) is 1.85. The van der Waals surface area contributed by atoms with Crippen LogP contribution in [0.25, 0.3) is 0 Å². The van der Waals surface area contributed by atoms with Gasteiger partial charge in [-0.25, -0.2) is 0 Å². The summed E-state index contributed by atoms with van der Waals surface area (Å²) in [6, 6.07) is 0. The van der Waals surface area contributed by atoms with Crippen molar-refractivity contribution in [2.45, 2.75) is 16.6 Å². The fourth-order valence-electron chi connectivity index (χ4n) is 1.20. The highest BCUT2D eigenvalue weighted by Gasteiger charge is 2.45. The Kier molecular flexibility index (Phi) is 5.27. The topological polar surface area (TPSA) is 183 Å². The summed E-state index contributed by atoms with van der Waals surface area (Å²) in [5.74, 6) is -1.73. The molecule has 1 radical (unpaired) electrons. The van der Waals surface area contributed by atoms with Crippen LogP contribution in [0.4, 0.5) is 0 Å². The van der Waals surface area contributed by atoms with Crippen molar-refractivity contribution in [3.8, 4) is 0 Å². The summed E-state index contributed by atoms with van der Waals surface area (Å²) in [7, 11) is -15.5. The lowest BCUT2D eigenvalue weighted by atomic mass is 10.2. The number of aliphatic hydroxyl groups excluding tert-OH is 1. The second-order valence-corrected chi connectivity index (χ2v) is 8.06. The van der Waals surface area contributed by atoms with Crippen LogP contribution in [-0.2, 0) is 30.4 Å². The molecule has 3 unspecified atom stereocenters. The van der Waals surface area contributed by atoms with Crippen molar-refractivity contribution in [3.63, 3.8) is 0 Å². The van der Waals surface area contributed by atoms with Gasteiger partial charge >= 0.3 is 0 Å². The number of hydrogen-bond donors (Lipinski definition) is 4. The first-order valence-corrected chi connectivity index (χ1v) is 8.66. The van der Waals surface area contributed by atoms with E-state index in [1.54, 1.807) is 0 Å². The fourth-order valence-corrected chi connectivity index (χ4v) is 5.38. The highest BCUT2D eigenvalue weighted by atomic mass is 32.2. The highest BCUT2D eigenvalue weighted by molar-refractivity contribution is 7.92. The summed E-state index contributed by atoms with van der Waals surface area (Å²) >= 11 is 0. The van der Waals surface area contributed by atoms with Crippen LogP contribution in [0, 0.1) is 6.92 Å². The maximum Gasteiger partial charge on any atom is 0.271 e. The molecule has 0 saturated heterocycles. The molecule has 3 atom stereocenters. The minimum Gasteiger partial charge on any atom is -0.392 e. The number of rotatable bonds is 6. The molecule has 0 saturated carbocycles. The molecule has 0 rings (SSSR count). The standard InChI is InChI=1S/C5H11O10S3/c1-3(6)5(18(13,14)15)4(17(10,11)12)2-16(7,8)9/h3-6H,1-2H2,(H,7,8,9)(H,10,11,12)(H,13,14,15). The van der Waals surface area contributed by atoms with Gasteiger partial charge in [-0.2, -0.15) is 25.3 Å². The van der Waals surface area contributed by atoms with E-state index in [0.717, 1.165) is 0 Å². The van der Waals surface area contributed by atoms with Gasteiger partial charge in [-0.1, -0.05) is 0 Å². The van der Waals surface area contributed by atoms with Crippen molar-refractivity contribution in [1.29, 1.82) is 0 Å². The van der Waals surface area contributed by atoms with E-state index in [2.05, 4.69) is 6.92 Å². The molecule has 0 aromatic carbocycles. The first kappa shape index (κ1) is 17.7. The molecule has 0 aliphatic rings. The molecular weight excluding hydrogens is 316 g/mol. The summed E-state index contributed by atoms with van der Waals surface area (Å²) in [5.41, 5.74) is 0. The molecule has 0 bridgehead atoms. The van der Waals surface area contributed by atoms with Crippen LogP contribution in [0.2, 0.25) is 0 Å². The van der Waals surface area contributed by atoms with Crippen molar-refractivity contribution in [2.75, 3.05) is 5.75 Å². The van der Waals surface area contributed by atoms with Crippen LogP contribution in [-0.4, -0.2) is 66.4 Å². The first-order valence-electron chi connectivity index (χ1n) is 4.05. The molecular formula is C5H11O10S3. The van der Waals surface area contributed by atoms with Gasteiger partial charge in [0.05, 0.1) is 11.9 Å². The molecule has 0 heterocycles. The lowest BCUT2D eigenvalue weighted by Crippen LogP contribution is -2.49. The minimum atomic E-state index is -5.30. The zero-order chi connectivity index (χ0) is 14.9. The second kappa shape index (κ2) is 5.36. The van der Waals surface area contributed by atoms with E-state index >= 15 is 0 Å². The Bertz CT molecular complexity index is 581. The Morgan fingerprint density at radius 2 is 1.28 bits per heavy atom. The minimum absolute atomic E-state index is 1.73. The van der Waals surface area contributed by atoms with E-state index in [0.29, 0.717) is 0 Å². The van der Waals surface area contributed by atoms with E-state index in [1.165, 1.54) is 0 Å². The van der Waals surface area contributed by atoms with Crippen molar-refractivity contribution in [2.24, 2.45) is 0 Å². The summed E-state index contributed by atoms with van der Waals surface area (Å²) in [6.45, 7) is 2.73. The molecule has 0 aromatic heterocycles. The van der Waals surface area contributed by atoms with E-state index in [9.17, 15) is 25.3 Å². The zero-order valence-corrected chi connectivity index (χ0v) is 11.1. The normalized spacial score (nSPS) is 19.2. The molecule has 10 nitrogen and oxygen atoms in total. The molecule has 0 spiro atoms. The lowest BCUT2D eigenvalue weighted by molar-refractivity contribution is 0.205. The summed E-state index contributed by atoms with van der Waals surface area (Å²) in [4.78, 5) is 0. The Balaban J connectivity index is 5.86. The molecule has 0 aliphatic carbocycles. The van der Waals surface area contributed by atoms with E-state index < -0.39 is 52.7 Å². The lowest BCUT2D eigenvalue weighted by Gasteiger charge is -2.23. The van der Waals surface area contributed by atoms with Gasteiger partial charge in [-0.15, -0.1) is 0 Å². The maximum atomic E-state index is 10.9. The zero-order valence-electron chi connectivity index (χ0n) is 8.61. The van der Waals surface area contributed by atoms with Gasteiger partial charge in [0.1, 0.15) is 10.5 Å². The van der Waals surface area contributed by atoms with Crippen molar-refractivity contribution < 1.29 is 44.0 Å². The molecule has 0 fully saturated rings. The van der Waals surface area contributed by atoms with Crippen LogP contribution in [0.15, 0.2) is 0 Å². The smallest absolute Gasteiger partial charge is 0.271 e. The van der Waals surface area contributed by atoms with Crippen LogP contribution < -0.4 is 0 Å². The summed E-state index contributed by atoms with van der Waals surface area (Å²) in [6.07, 6.45) is -2.26. The van der Waals surface area contributed by atoms with E-state index in [-0.39, 0.29) is 0 Å². The van der Waals surface area contributed by atoms with Crippen LogP contribution in [0.3, 0.4) is 0 Å². The molecule has 0 amide bonds. The average molecular weight is 327 g/mol. The third-order valence-corrected chi connectivity index (χ3v) is 5.57. The van der Waals surface area contributed by atoms with Gasteiger partial charge in [-0.3, -0.25) is 13.7 Å². The van der Waals surface area contributed by atoms with E-state index in [4.69, 9.17) is 18.8 Å². The van der Waals surface area contributed by atoms with Crippen molar-refractivity contribution in [3.05, 3.63) is 6.92 Å². The van der Waals surface area contributed by atoms with Crippen LogP contribution in [0.5, 0.6) is 0 Å². The van der Waals surface area contributed by atoms with Gasteiger partial charge in [0.2, 0.25) is 0 Å². The molecule has 18 heavy (non-hydrogen) atoms. The van der Waals surface area contributed by atoms with Gasteiger partial charge in [0.25, 0.3) is 30.4 Å². The Morgan fingerprint density at radius 3 is 1.44 bits per heavy atom. The Hall–Kier alpha value is -0.310. The monoisotopic (exact) mass is 327 g/mol. The van der Waals surface area contributed by atoms with Gasteiger partial charge in [-0.05, 0) is 6.92 Å². The largest absolute Gasteiger partial charge is 0.392 e. The molecule has 4 N–H and O–H groups in total. The highest BCUT2D eigenvalue weighted by Crippen LogP contribution is 2.18. The average Bonchev–Trinajstić information content (AvgIpc) is 1.94. The van der Waals surface area contributed by atoms with Crippen LogP contribution >= 0.6 is 0 Å². The predicted octanol–water partition coefficient (Wildman–Crippen LogP) is -2.42. The summed E-state index contributed by atoms with van der Waals surface area (Å²) < 4.78 is 90.4. The van der Waals surface area contributed by atoms with Crippen LogP contribution in [0.1, 0.15) is 0 Å². The first-order chi connectivity index (χ1) is 7.66. The number of hydrogen-bond acceptors (Lipinski definition) is 7. The SMILES string of the molecule is [CH2]C(O)C(C(CS(=O)(=O)O)S(=O)(=O)O)S(=O)(=O)O. The summed E-state index contributed by atoms with van der Waals surface area (Å²) in [5, 5.41) is 3.66. The quantitative estimate of drug-likeness (QED) is 0.383. The third kappa shape index (κ3) is 5.55. The Labute approximate surface area is 104 Å². The van der Waals surface area contributed by atoms with Gasteiger partial charge in [0, 0.05) is 0 Å². The predicted molar refractivity (Wildman–Crippen MR) is 58.5 cm³/mol. The van der Waals surface area contributed by atoms with Gasteiger partial charge in [0.15, 0.2) is 0 Å². The molecule has 0 aromatic rings. The van der Waals surface area contributed by atoms with E-state index in [1.807, 2.05) is 0 Å². The maximum absolute atomic E-state index is 10.9. The molecule has 13 heteroatoms. The van der Waals surface area contributed by atoms with Crippen molar-refractivity contribution in [1.82, 2.24) is 0 Å². The number of aliphatic hydroxyl groups is 1. The fraction of sp³-hybridized carbons (Fsp3) is 0.800. The second-order valence-electron chi connectivity index (χ2n) is 3.35. The van der Waals surface area contributed by atoms with Crippen molar-refractivity contribution >= 4 is 30.4 Å². The van der Waals surface area contributed by atoms with Gasteiger partial charge < -0.3 is 5.11 Å².